The summed E-state index contributed by atoms with van der Waals surface area (Å²) in [6, 6.07) is 13.3. The molecule has 7 heteroatoms. The third kappa shape index (κ3) is 5.24. The Kier molecular flexibility index (Phi) is 6.79. The van der Waals surface area contributed by atoms with Crippen LogP contribution >= 0.6 is 0 Å². The van der Waals surface area contributed by atoms with Gasteiger partial charge in [0.25, 0.3) is 0 Å². The number of rotatable bonds is 6. The topological polar surface area (TPSA) is 87.6 Å². The van der Waals surface area contributed by atoms with Crippen LogP contribution in [0.25, 0.3) is 10.9 Å². The number of aromatic nitrogens is 2. The molecule has 0 bridgehead atoms. The molecule has 0 radical (unpaired) electrons. The van der Waals surface area contributed by atoms with Crippen LogP contribution in [0.2, 0.25) is 0 Å². The summed E-state index contributed by atoms with van der Waals surface area (Å²) >= 11 is 0. The molecule has 2 aromatic heterocycles. The van der Waals surface area contributed by atoms with Gasteiger partial charge in [0.1, 0.15) is 23.2 Å². The van der Waals surface area contributed by atoms with Crippen molar-refractivity contribution >= 4 is 22.6 Å². The predicted molar refractivity (Wildman–Crippen MR) is 132 cm³/mol. The van der Waals surface area contributed by atoms with Crippen LogP contribution in [-0.2, 0) is 11.3 Å². The maximum absolute atomic E-state index is 12.8. The number of aromatic hydroxyl groups is 1. The Labute approximate surface area is 200 Å². The molecule has 5 rings (SSSR count). The molecule has 1 aromatic carbocycles. The Morgan fingerprint density at radius 1 is 1.06 bits per heavy atom. The summed E-state index contributed by atoms with van der Waals surface area (Å²) in [4.78, 5) is 24.0. The summed E-state index contributed by atoms with van der Waals surface area (Å²) in [5.41, 5.74) is 1.62. The zero-order valence-corrected chi connectivity index (χ0v) is 19.4. The number of hydrogen-bond acceptors (Lipinski definition) is 6. The number of phenols is 1. The van der Waals surface area contributed by atoms with E-state index in [9.17, 15) is 9.90 Å². The highest BCUT2D eigenvalue weighted by atomic mass is 16.5. The number of anilines is 1. The minimum atomic E-state index is -0.00935. The zero-order valence-electron chi connectivity index (χ0n) is 19.4. The molecule has 0 unspecified atom stereocenters. The van der Waals surface area contributed by atoms with Crippen LogP contribution in [0.4, 0.5) is 5.82 Å². The molecule has 2 N–H and O–H groups in total. The smallest absolute Gasteiger partial charge is 0.223 e. The summed E-state index contributed by atoms with van der Waals surface area (Å²) in [7, 11) is 0. The summed E-state index contributed by atoms with van der Waals surface area (Å²) in [5.74, 6) is 1.77. The Morgan fingerprint density at radius 2 is 1.88 bits per heavy atom. The minimum absolute atomic E-state index is 0.00935. The monoisotopic (exact) mass is 460 g/mol. The molecule has 0 spiro atoms. The molecule has 1 aliphatic carbocycles. The number of nitrogens with one attached hydrogen (secondary N) is 1. The second-order valence-electron chi connectivity index (χ2n) is 9.38. The second kappa shape index (κ2) is 10.3. The summed E-state index contributed by atoms with van der Waals surface area (Å²) in [5, 5.41) is 14.1. The number of ether oxygens (including phenoxy) is 1. The van der Waals surface area contributed by atoms with Gasteiger partial charge in [-0.2, -0.15) is 0 Å². The third-order valence-electron chi connectivity index (χ3n) is 6.98. The quantitative estimate of drug-likeness (QED) is 0.560. The lowest BCUT2D eigenvalue weighted by Crippen LogP contribution is -2.40. The van der Waals surface area contributed by atoms with Crippen molar-refractivity contribution in [3.05, 3.63) is 54.2 Å². The molecule has 3 aromatic rings. The van der Waals surface area contributed by atoms with E-state index in [2.05, 4.69) is 20.2 Å². The molecule has 0 atom stereocenters. The van der Waals surface area contributed by atoms with Crippen molar-refractivity contribution in [3.63, 3.8) is 0 Å². The first-order chi connectivity index (χ1) is 16.7. The Balaban J connectivity index is 1.12. The second-order valence-corrected chi connectivity index (χ2v) is 9.38. The SMILES string of the molecule is O=C(NCc1ccnc(OC2CCCCC2)c1)C1CCN(c2ccc3cccc(O)c3n2)CC1. The van der Waals surface area contributed by atoms with Crippen LogP contribution in [0.3, 0.4) is 0 Å². The Hall–Kier alpha value is -3.35. The van der Waals surface area contributed by atoms with Crippen molar-refractivity contribution in [2.45, 2.75) is 57.6 Å². The van der Waals surface area contributed by atoms with Gasteiger partial charge in [0.2, 0.25) is 11.8 Å². The lowest BCUT2D eigenvalue weighted by Gasteiger charge is -2.32. The van der Waals surface area contributed by atoms with Crippen LogP contribution in [0, 0.1) is 5.92 Å². The van der Waals surface area contributed by atoms with Crippen LogP contribution in [0.1, 0.15) is 50.5 Å². The fourth-order valence-corrected chi connectivity index (χ4v) is 4.98. The van der Waals surface area contributed by atoms with Gasteiger partial charge in [-0.05, 0) is 68.4 Å². The molecule has 1 saturated carbocycles. The number of amides is 1. The van der Waals surface area contributed by atoms with Crippen molar-refractivity contribution in [1.29, 1.82) is 0 Å². The standard InChI is InChI=1S/C27H32N4O3/c32-23-8-4-5-20-9-10-24(30-26(20)23)31-15-12-21(13-16-31)27(33)29-18-19-11-14-28-25(17-19)34-22-6-2-1-3-7-22/h4-5,8-11,14,17,21-22,32H,1-3,6-7,12-13,15-16,18H2,(H,29,33). The highest BCUT2D eigenvalue weighted by molar-refractivity contribution is 5.85. The average molecular weight is 461 g/mol. The van der Waals surface area contributed by atoms with Crippen LogP contribution in [0.15, 0.2) is 48.7 Å². The number of hydrogen-bond donors (Lipinski definition) is 2. The lowest BCUT2D eigenvalue weighted by molar-refractivity contribution is -0.125. The van der Waals surface area contributed by atoms with E-state index in [4.69, 9.17) is 4.74 Å². The third-order valence-corrected chi connectivity index (χ3v) is 6.98. The number of pyridine rings is 2. The van der Waals surface area contributed by atoms with E-state index in [1.807, 2.05) is 36.4 Å². The number of para-hydroxylation sites is 1. The normalized spacial score (nSPS) is 17.6. The van der Waals surface area contributed by atoms with Crippen molar-refractivity contribution in [2.75, 3.05) is 18.0 Å². The fourth-order valence-electron chi connectivity index (χ4n) is 4.98. The van der Waals surface area contributed by atoms with E-state index < -0.39 is 0 Å². The van der Waals surface area contributed by atoms with Gasteiger partial charge in [0, 0.05) is 43.2 Å². The summed E-state index contributed by atoms with van der Waals surface area (Å²) in [6.07, 6.45) is 9.49. The molecule has 1 aliphatic heterocycles. The number of carbonyl (C=O) groups is 1. The molecule has 2 fully saturated rings. The highest BCUT2D eigenvalue weighted by Crippen LogP contribution is 2.28. The first-order valence-electron chi connectivity index (χ1n) is 12.4. The minimum Gasteiger partial charge on any atom is -0.506 e. The van der Waals surface area contributed by atoms with Crippen molar-refractivity contribution in [1.82, 2.24) is 15.3 Å². The van der Waals surface area contributed by atoms with Gasteiger partial charge >= 0.3 is 0 Å². The number of benzene rings is 1. The molecule has 2 aliphatic rings. The lowest BCUT2D eigenvalue weighted by atomic mass is 9.95. The molecule has 7 nitrogen and oxygen atoms in total. The van der Waals surface area contributed by atoms with Gasteiger partial charge in [-0.3, -0.25) is 4.79 Å². The van der Waals surface area contributed by atoms with E-state index in [0.717, 1.165) is 55.5 Å². The van der Waals surface area contributed by atoms with E-state index in [0.29, 0.717) is 17.9 Å². The molecule has 178 valence electrons. The van der Waals surface area contributed by atoms with E-state index >= 15 is 0 Å². The average Bonchev–Trinajstić information content (AvgIpc) is 2.88. The zero-order chi connectivity index (χ0) is 23.3. The Morgan fingerprint density at radius 3 is 2.71 bits per heavy atom. The summed E-state index contributed by atoms with van der Waals surface area (Å²) in [6.45, 7) is 2.01. The fraction of sp³-hybridized carbons (Fsp3) is 0.444. The first kappa shape index (κ1) is 22.4. The molecular weight excluding hydrogens is 428 g/mol. The van der Waals surface area contributed by atoms with Crippen molar-refractivity contribution in [2.24, 2.45) is 5.92 Å². The van der Waals surface area contributed by atoms with Gasteiger partial charge in [-0.15, -0.1) is 0 Å². The molecule has 3 heterocycles. The number of nitrogens with zero attached hydrogens (tertiary/aromatic N) is 3. The van der Waals surface area contributed by atoms with Gasteiger partial charge < -0.3 is 20.1 Å². The first-order valence-corrected chi connectivity index (χ1v) is 12.4. The molecule has 34 heavy (non-hydrogen) atoms. The number of phenolic OH excluding ortho intramolecular Hbond substituents is 1. The van der Waals surface area contributed by atoms with E-state index in [-0.39, 0.29) is 23.7 Å². The number of piperidine rings is 1. The van der Waals surface area contributed by atoms with Crippen LogP contribution < -0.4 is 15.0 Å². The maximum atomic E-state index is 12.8. The predicted octanol–water partition coefficient (Wildman–Crippen LogP) is 4.58. The summed E-state index contributed by atoms with van der Waals surface area (Å²) < 4.78 is 6.06. The van der Waals surface area contributed by atoms with Gasteiger partial charge in [0.15, 0.2) is 0 Å². The Bertz CT molecular complexity index is 1140. The molecular formula is C27H32N4O3. The highest BCUT2D eigenvalue weighted by Gasteiger charge is 2.26. The van der Waals surface area contributed by atoms with E-state index in [1.54, 1.807) is 12.3 Å². The van der Waals surface area contributed by atoms with Crippen LogP contribution in [0.5, 0.6) is 11.6 Å². The number of fused-ring (bicyclic) bond motifs is 1. The van der Waals surface area contributed by atoms with Gasteiger partial charge in [-0.1, -0.05) is 18.6 Å². The molecule has 1 amide bonds. The maximum Gasteiger partial charge on any atom is 0.223 e. The van der Waals surface area contributed by atoms with Crippen molar-refractivity contribution < 1.29 is 14.6 Å². The van der Waals surface area contributed by atoms with Crippen molar-refractivity contribution in [3.8, 4) is 11.6 Å². The van der Waals surface area contributed by atoms with Crippen LogP contribution in [-0.4, -0.2) is 40.2 Å². The molecule has 1 saturated heterocycles. The van der Waals surface area contributed by atoms with Gasteiger partial charge in [-0.25, -0.2) is 9.97 Å². The van der Waals surface area contributed by atoms with Gasteiger partial charge in [0.05, 0.1) is 0 Å². The largest absolute Gasteiger partial charge is 0.506 e. The van der Waals surface area contributed by atoms with E-state index in [1.165, 1.54) is 19.3 Å². The number of carbonyl (C=O) groups excluding carboxylic acids is 1.